The molecule has 3 heteroatoms. The van der Waals surface area contributed by atoms with E-state index in [0.29, 0.717) is 17.0 Å². The topological polar surface area (TPSA) is 56.2 Å². The fourth-order valence-electron chi connectivity index (χ4n) is 3.33. The van der Waals surface area contributed by atoms with Crippen LogP contribution in [0.15, 0.2) is 69.9 Å². The van der Waals surface area contributed by atoms with E-state index in [2.05, 4.69) is 45.0 Å². The smallest absolute Gasteiger partial charge is 0.182 e. The molecule has 0 saturated carbocycles. The zero-order valence-corrected chi connectivity index (χ0v) is 15.2. The summed E-state index contributed by atoms with van der Waals surface area (Å²) in [4.78, 5) is 11.8. The van der Waals surface area contributed by atoms with Gasteiger partial charge in [0.2, 0.25) is 0 Å². The maximum Gasteiger partial charge on any atom is 0.182 e. The van der Waals surface area contributed by atoms with Gasteiger partial charge in [-0.1, -0.05) is 45.0 Å². The van der Waals surface area contributed by atoms with Gasteiger partial charge in [-0.25, -0.2) is 0 Å². The van der Waals surface area contributed by atoms with Crippen molar-refractivity contribution in [1.82, 2.24) is 0 Å². The molecule has 1 aliphatic carbocycles. The van der Waals surface area contributed by atoms with Crippen LogP contribution in [-0.2, 0) is 5.41 Å². The first-order valence-electron chi connectivity index (χ1n) is 8.70. The first-order chi connectivity index (χ1) is 12.3. The monoisotopic (exact) mass is 343 g/mol. The maximum atomic E-state index is 11.8. The molecule has 0 bridgehead atoms. The minimum atomic E-state index is -0.0708. The summed E-state index contributed by atoms with van der Waals surface area (Å²) in [5.41, 5.74) is 11.6. The molecule has 0 radical (unpaired) electrons. The highest BCUT2D eigenvalue weighted by atomic mass is 16.3. The van der Waals surface area contributed by atoms with Crippen LogP contribution in [0.5, 0.6) is 0 Å². The van der Waals surface area contributed by atoms with Crippen LogP contribution in [0.3, 0.4) is 0 Å². The molecule has 130 valence electrons. The van der Waals surface area contributed by atoms with Gasteiger partial charge in [-0.05, 0) is 40.8 Å². The first-order valence-corrected chi connectivity index (χ1v) is 8.70. The van der Waals surface area contributed by atoms with Gasteiger partial charge in [0.15, 0.2) is 5.43 Å². The number of benzene rings is 3. The zero-order chi connectivity index (χ0) is 18.5. The summed E-state index contributed by atoms with van der Waals surface area (Å²) in [5.74, 6) is 0.575. The number of anilines is 1. The molecule has 3 nitrogen and oxygen atoms in total. The average Bonchev–Trinajstić information content (AvgIpc) is 2.59. The third-order valence-electron chi connectivity index (χ3n) is 4.76. The molecule has 1 heterocycles. The third-order valence-corrected chi connectivity index (χ3v) is 4.76. The van der Waals surface area contributed by atoms with E-state index in [1.54, 1.807) is 12.1 Å². The molecule has 2 N–H and O–H groups in total. The molecule has 0 amide bonds. The lowest BCUT2D eigenvalue weighted by atomic mass is 9.85. The summed E-state index contributed by atoms with van der Waals surface area (Å²) in [5, 5.41) is 0.980. The molecule has 0 atom stereocenters. The quantitative estimate of drug-likeness (QED) is 0.369. The van der Waals surface area contributed by atoms with Crippen molar-refractivity contribution in [1.29, 1.82) is 0 Å². The van der Waals surface area contributed by atoms with Crippen molar-refractivity contribution < 1.29 is 4.42 Å². The van der Waals surface area contributed by atoms with Gasteiger partial charge in [0.05, 0.1) is 0 Å². The second kappa shape index (κ2) is 5.73. The number of fused-ring (bicyclic) bond motifs is 2. The standard InChI is InChI=1S/C23H21NO2/c1-23(2,3)15-6-4-14(5-7-15)22-18-10-8-16(24)12-20(18)26-21-13-17(25)9-11-19(21)22/h4-13H,24H2,1-3H3. The summed E-state index contributed by atoms with van der Waals surface area (Å²) in [7, 11) is 0. The van der Waals surface area contributed by atoms with Crippen LogP contribution in [0, 0.1) is 0 Å². The van der Waals surface area contributed by atoms with Gasteiger partial charge in [-0.3, -0.25) is 4.79 Å². The molecule has 0 unspecified atom stereocenters. The van der Waals surface area contributed by atoms with Gasteiger partial charge in [0.1, 0.15) is 11.3 Å². The Balaban J connectivity index is 2.05. The molecule has 0 aromatic heterocycles. The van der Waals surface area contributed by atoms with E-state index in [9.17, 15) is 4.79 Å². The lowest BCUT2D eigenvalue weighted by Crippen LogP contribution is -2.10. The summed E-state index contributed by atoms with van der Waals surface area (Å²) in [6, 6.07) is 19.2. The molecule has 2 aromatic rings. The number of hydrogen-bond donors (Lipinski definition) is 1. The highest BCUT2D eigenvalue weighted by molar-refractivity contribution is 6.02. The number of nitrogens with two attached hydrogens (primary N) is 1. The van der Waals surface area contributed by atoms with E-state index in [4.69, 9.17) is 10.2 Å². The molecule has 0 spiro atoms. The van der Waals surface area contributed by atoms with Crippen molar-refractivity contribution in [2.45, 2.75) is 26.2 Å². The third kappa shape index (κ3) is 2.76. The molecule has 2 aromatic carbocycles. The number of hydrogen-bond acceptors (Lipinski definition) is 3. The van der Waals surface area contributed by atoms with Crippen LogP contribution >= 0.6 is 0 Å². The van der Waals surface area contributed by atoms with Gasteiger partial charge < -0.3 is 10.2 Å². The SMILES string of the molecule is CC(C)(C)c1ccc(-c2c3ccc(=O)cc-3oc3cc(N)ccc23)cc1. The molecule has 0 saturated heterocycles. The van der Waals surface area contributed by atoms with E-state index in [1.165, 1.54) is 11.6 Å². The Bertz CT molecular complexity index is 1130. The number of nitrogen functional groups attached to an aromatic ring is 1. The molecular formula is C23H21NO2. The predicted molar refractivity (Wildman–Crippen MR) is 108 cm³/mol. The van der Waals surface area contributed by atoms with Crippen LogP contribution in [-0.4, -0.2) is 0 Å². The lowest BCUT2D eigenvalue weighted by molar-refractivity contribution is 0.590. The lowest BCUT2D eigenvalue weighted by Gasteiger charge is -2.20. The van der Waals surface area contributed by atoms with Gasteiger partial charge >= 0.3 is 0 Å². The Morgan fingerprint density at radius 3 is 2.31 bits per heavy atom. The first kappa shape index (κ1) is 16.4. The molecule has 26 heavy (non-hydrogen) atoms. The predicted octanol–water partition coefficient (Wildman–Crippen LogP) is 5.44. The van der Waals surface area contributed by atoms with E-state index >= 15 is 0 Å². The van der Waals surface area contributed by atoms with Crippen LogP contribution < -0.4 is 11.2 Å². The Labute approximate surface area is 152 Å². The van der Waals surface area contributed by atoms with E-state index in [1.807, 2.05) is 18.2 Å². The molecule has 4 rings (SSSR count). The largest absolute Gasteiger partial charge is 0.456 e. The van der Waals surface area contributed by atoms with Crippen molar-refractivity contribution in [2.24, 2.45) is 0 Å². The fourth-order valence-corrected chi connectivity index (χ4v) is 3.33. The summed E-state index contributed by atoms with van der Waals surface area (Å²) >= 11 is 0. The summed E-state index contributed by atoms with van der Waals surface area (Å²) in [6.07, 6.45) is 0. The minimum Gasteiger partial charge on any atom is -0.456 e. The van der Waals surface area contributed by atoms with E-state index < -0.39 is 0 Å². The van der Waals surface area contributed by atoms with Gasteiger partial charge in [0, 0.05) is 34.3 Å². The maximum absolute atomic E-state index is 11.8. The minimum absolute atomic E-state index is 0.0708. The van der Waals surface area contributed by atoms with Crippen molar-refractivity contribution in [2.75, 3.05) is 5.73 Å². The van der Waals surface area contributed by atoms with Crippen molar-refractivity contribution in [3.05, 3.63) is 76.5 Å². The van der Waals surface area contributed by atoms with Crippen molar-refractivity contribution >= 4 is 16.7 Å². The summed E-state index contributed by atoms with van der Waals surface area (Å²) < 4.78 is 5.97. The van der Waals surface area contributed by atoms with E-state index in [-0.39, 0.29) is 10.8 Å². The number of rotatable bonds is 1. The zero-order valence-electron chi connectivity index (χ0n) is 15.2. The molecule has 0 fully saturated rings. The highest BCUT2D eigenvalue weighted by Gasteiger charge is 2.18. The Hall–Kier alpha value is -3.07. The Kier molecular flexibility index (Phi) is 3.62. The van der Waals surface area contributed by atoms with Crippen LogP contribution in [0.4, 0.5) is 5.69 Å². The summed E-state index contributed by atoms with van der Waals surface area (Å²) in [6.45, 7) is 6.60. The van der Waals surface area contributed by atoms with Gasteiger partial charge in [-0.15, -0.1) is 0 Å². The molecule has 1 aliphatic heterocycles. The fraction of sp³-hybridized carbons (Fsp3) is 0.174. The van der Waals surface area contributed by atoms with Gasteiger partial charge in [0.25, 0.3) is 0 Å². The highest BCUT2D eigenvalue weighted by Crippen LogP contribution is 2.40. The second-order valence-electron chi connectivity index (χ2n) is 7.72. The van der Waals surface area contributed by atoms with Crippen LogP contribution in [0.25, 0.3) is 33.4 Å². The van der Waals surface area contributed by atoms with Crippen LogP contribution in [0.1, 0.15) is 26.3 Å². The normalized spacial score (nSPS) is 12.0. The molecular weight excluding hydrogens is 322 g/mol. The molecule has 2 aliphatic rings. The Morgan fingerprint density at radius 2 is 1.62 bits per heavy atom. The van der Waals surface area contributed by atoms with E-state index in [0.717, 1.165) is 22.1 Å². The van der Waals surface area contributed by atoms with Crippen LogP contribution in [0.2, 0.25) is 0 Å². The Morgan fingerprint density at radius 1 is 0.885 bits per heavy atom. The average molecular weight is 343 g/mol. The van der Waals surface area contributed by atoms with Crippen molar-refractivity contribution in [3.63, 3.8) is 0 Å². The van der Waals surface area contributed by atoms with Gasteiger partial charge in [-0.2, -0.15) is 0 Å². The van der Waals surface area contributed by atoms with Crippen molar-refractivity contribution in [3.8, 4) is 22.5 Å². The second-order valence-corrected chi connectivity index (χ2v) is 7.72.